The molecule has 2 N–H and O–H groups in total. The van der Waals surface area contributed by atoms with E-state index in [0.29, 0.717) is 12.1 Å². The number of hydrogen-bond acceptors (Lipinski definition) is 3. The second kappa shape index (κ2) is 4.76. The van der Waals surface area contributed by atoms with E-state index in [-0.39, 0.29) is 5.91 Å². The maximum absolute atomic E-state index is 12.3. The van der Waals surface area contributed by atoms with Crippen molar-refractivity contribution in [2.45, 2.75) is 13.0 Å². The van der Waals surface area contributed by atoms with Gasteiger partial charge in [-0.3, -0.25) is 4.79 Å². The Bertz CT molecular complexity index is 591. The second-order valence-corrected chi connectivity index (χ2v) is 4.75. The highest BCUT2D eigenvalue weighted by atomic mass is 16.2. The Morgan fingerprint density at radius 3 is 3.16 bits per heavy atom. The number of amides is 1. The third-order valence-corrected chi connectivity index (χ3v) is 3.36. The van der Waals surface area contributed by atoms with Crippen LogP contribution in [0.3, 0.4) is 0 Å². The zero-order valence-corrected chi connectivity index (χ0v) is 10.8. The Morgan fingerprint density at radius 2 is 2.37 bits per heavy atom. The van der Waals surface area contributed by atoms with Crippen molar-refractivity contribution in [3.8, 4) is 0 Å². The largest absolute Gasteiger partial charge is 0.384 e. The van der Waals surface area contributed by atoms with Crippen molar-refractivity contribution in [2.75, 3.05) is 18.9 Å². The van der Waals surface area contributed by atoms with Crippen LogP contribution in [0.25, 0.3) is 0 Å². The third-order valence-electron chi connectivity index (χ3n) is 3.36. The van der Waals surface area contributed by atoms with Gasteiger partial charge in [-0.1, -0.05) is 6.07 Å². The van der Waals surface area contributed by atoms with Crippen LogP contribution in [0.1, 0.15) is 21.7 Å². The fourth-order valence-corrected chi connectivity index (χ4v) is 2.33. The van der Waals surface area contributed by atoms with Gasteiger partial charge >= 0.3 is 0 Å². The summed E-state index contributed by atoms with van der Waals surface area (Å²) in [6.45, 7) is 1.44. The molecule has 0 radical (unpaired) electrons. The molecule has 1 aromatic heterocycles. The molecule has 0 aliphatic carbocycles. The van der Waals surface area contributed by atoms with Crippen molar-refractivity contribution in [1.29, 1.82) is 0 Å². The molecule has 0 fully saturated rings. The fourth-order valence-electron chi connectivity index (χ4n) is 2.33. The first-order chi connectivity index (χ1) is 9.24. The Morgan fingerprint density at radius 1 is 1.47 bits per heavy atom. The van der Waals surface area contributed by atoms with Gasteiger partial charge in [0.05, 0.1) is 6.54 Å². The van der Waals surface area contributed by atoms with Gasteiger partial charge < -0.3 is 15.2 Å². The molecule has 0 unspecified atom stereocenters. The smallest absolute Gasteiger partial charge is 0.254 e. The van der Waals surface area contributed by atoms with Crippen LogP contribution in [0.15, 0.2) is 30.6 Å². The standard InChI is InChI=1S/C14H16N4O/c1-18(9-13-16-6-7-17-13)14(19)11-3-2-10-4-5-15-12(10)8-11/h2-3,6-8,15H,4-5,9H2,1H3,(H,16,17). The molecule has 0 spiro atoms. The lowest BCUT2D eigenvalue weighted by molar-refractivity contribution is 0.0782. The van der Waals surface area contributed by atoms with Crippen LogP contribution >= 0.6 is 0 Å². The highest BCUT2D eigenvalue weighted by Gasteiger charge is 2.16. The molecular weight excluding hydrogens is 240 g/mol. The van der Waals surface area contributed by atoms with Crippen molar-refractivity contribution in [1.82, 2.24) is 14.9 Å². The number of benzene rings is 1. The number of nitrogens with one attached hydrogen (secondary N) is 2. The Kier molecular flexibility index (Phi) is 2.95. The number of rotatable bonds is 3. The van der Waals surface area contributed by atoms with Crippen molar-refractivity contribution in [3.05, 3.63) is 47.5 Å². The number of hydrogen-bond donors (Lipinski definition) is 2. The van der Waals surface area contributed by atoms with Gasteiger partial charge in [-0.15, -0.1) is 0 Å². The van der Waals surface area contributed by atoms with Crippen LogP contribution < -0.4 is 5.32 Å². The van der Waals surface area contributed by atoms with Crippen LogP contribution in [0.4, 0.5) is 5.69 Å². The van der Waals surface area contributed by atoms with Crippen LogP contribution in [0, 0.1) is 0 Å². The van der Waals surface area contributed by atoms with Gasteiger partial charge in [0.25, 0.3) is 5.91 Å². The molecule has 1 aromatic carbocycles. The van der Waals surface area contributed by atoms with Gasteiger partial charge in [0.15, 0.2) is 0 Å². The molecule has 3 rings (SSSR count). The number of aromatic amines is 1. The van der Waals surface area contributed by atoms with Crippen molar-refractivity contribution < 1.29 is 4.79 Å². The molecule has 5 heteroatoms. The normalized spacial score (nSPS) is 12.9. The lowest BCUT2D eigenvalue weighted by atomic mass is 10.1. The molecule has 1 amide bonds. The summed E-state index contributed by atoms with van der Waals surface area (Å²) in [6, 6.07) is 5.86. The Hall–Kier alpha value is -2.30. The minimum Gasteiger partial charge on any atom is -0.384 e. The fraction of sp³-hybridized carbons (Fsp3) is 0.286. The minimum absolute atomic E-state index is 0.00731. The summed E-state index contributed by atoms with van der Waals surface area (Å²) < 4.78 is 0. The van der Waals surface area contributed by atoms with E-state index in [4.69, 9.17) is 0 Å². The van der Waals surface area contributed by atoms with E-state index in [2.05, 4.69) is 15.3 Å². The SMILES string of the molecule is CN(Cc1ncc[nH]1)C(=O)c1ccc2c(c1)NCC2. The van der Waals surface area contributed by atoms with E-state index in [1.807, 2.05) is 18.2 Å². The van der Waals surface area contributed by atoms with Crippen molar-refractivity contribution >= 4 is 11.6 Å². The van der Waals surface area contributed by atoms with Crippen molar-refractivity contribution in [3.63, 3.8) is 0 Å². The molecule has 1 aliphatic heterocycles. The van der Waals surface area contributed by atoms with Gasteiger partial charge in [0.2, 0.25) is 0 Å². The molecule has 0 bridgehead atoms. The maximum atomic E-state index is 12.3. The molecular formula is C14H16N4O. The monoisotopic (exact) mass is 256 g/mol. The van der Waals surface area contributed by atoms with Gasteiger partial charge in [0.1, 0.15) is 5.82 Å². The first kappa shape index (κ1) is 11.8. The zero-order valence-electron chi connectivity index (χ0n) is 10.8. The van der Waals surface area contributed by atoms with E-state index in [0.717, 1.165) is 24.5 Å². The predicted octanol–water partition coefficient (Wildman–Crippen LogP) is 1.65. The summed E-state index contributed by atoms with van der Waals surface area (Å²) in [5, 5.41) is 3.29. The first-order valence-electron chi connectivity index (χ1n) is 6.34. The molecule has 98 valence electrons. The molecule has 1 aliphatic rings. The summed E-state index contributed by atoms with van der Waals surface area (Å²) in [5.74, 6) is 0.794. The van der Waals surface area contributed by atoms with E-state index in [9.17, 15) is 4.79 Å². The maximum Gasteiger partial charge on any atom is 0.254 e. The van der Waals surface area contributed by atoms with E-state index in [1.165, 1.54) is 5.56 Å². The number of carbonyl (C=O) groups is 1. The van der Waals surface area contributed by atoms with Crippen LogP contribution in [0.2, 0.25) is 0 Å². The number of nitrogens with zero attached hydrogens (tertiary/aromatic N) is 2. The lowest BCUT2D eigenvalue weighted by Gasteiger charge is -2.16. The summed E-state index contributed by atoms with van der Waals surface area (Å²) in [4.78, 5) is 21.1. The second-order valence-electron chi connectivity index (χ2n) is 4.75. The Balaban J connectivity index is 1.76. The van der Waals surface area contributed by atoms with E-state index < -0.39 is 0 Å². The number of fused-ring (bicyclic) bond motifs is 1. The minimum atomic E-state index is 0.00731. The number of imidazole rings is 1. The van der Waals surface area contributed by atoms with Gasteiger partial charge in [-0.2, -0.15) is 0 Å². The predicted molar refractivity (Wildman–Crippen MR) is 73.0 cm³/mol. The van der Waals surface area contributed by atoms with Crippen LogP contribution in [0.5, 0.6) is 0 Å². The molecule has 19 heavy (non-hydrogen) atoms. The summed E-state index contributed by atoms with van der Waals surface area (Å²) in [7, 11) is 1.78. The third kappa shape index (κ3) is 2.31. The van der Waals surface area contributed by atoms with Gasteiger partial charge in [-0.25, -0.2) is 4.98 Å². The quantitative estimate of drug-likeness (QED) is 0.877. The zero-order chi connectivity index (χ0) is 13.2. The van der Waals surface area contributed by atoms with Crippen LogP contribution in [-0.4, -0.2) is 34.4 Å². The summed E-state index contributed by atoms with van der Waals surface area (Å²) >= 11 is 0. The number of carbonyl (C=O) groups excluding carboxylic acids is 1. The van der Waals surface area contributed by atoms with E-state index >= 15 is 0 Å². The number of anilines is 1. The lowest BCUT2D eigenvalue weighted by Crippen LogP contribution is -2.26. The molecule has 5 nitrogen and oxygen atoms in total. The first-order valence-corrected chi connectivity index (χ1v) is 6.34. The number of aromatic nitrogens is 2. The molecule has 0 saturated carbocycles. The van der Waals surface area contributed by atoms with Crippen LogP contribution in [-0.2, 0) is 13.0 Å². The Labute approximate surface area is 111 Å². The highest BCUT2D eigenvalue weighted by Crippen LogP contribution is 2.23. The number of H-pyrrole nitrogens is 1. The molecule has 0 atom stereocenters. The average molecular weight is 256 g/mol. The van der Waals surface area contributed by atoms with Gasteiger partial charge in [-0.05, 0) is 24.1 Å². The molecule has 0 saturated heterocycles. The average Bonchev–Trinajstić information content (AvgIpc) is 3.07. The van der Waals surface area contributed by atoms with E-state index in [1.54, 1.807) is 24.3 Å². The topological polar surface area (TPSA) is 61.0 Å². The van der Waals surface area contributed by atoms with Crippen molar-refractivity contribution in [2.24, 2.45) is 0 Å². The summed E-state index contributed by atoms with van der Waals surface area (Å²) in [5.41, 5.74) is 3.07. The molecule has 2 heterocycles. The highest BCUT2D eigenvalue weighted by molar-refractivity contribution is 5.95. The summed E-state index contributed by atoms with van der Waals surface area (Å²) in [6.07, 6.45) is 4.48. The molecule has 2 aromatic rings. The van der Waals surface area contributed by atoms with Gasteiger partial charge in [0, 0.05) is 37.2 Å².